The largest absolute Gasteiger partial charge is 0.481 e. The number of carbonyl (C=O) groups excluding carboxylic acids is 1. The molecule has 19 heavy (non-hydrogen) atoms. The molecule has 0 radical (unpaired) electrons. The second-order valence-electron chi connectivity index (χ2n) is 3.93. The van der Waals surface area contributed by atoms with E-state index in [4.69, 9.17) is 4.74 Å². The second kappa shape index (κ2) is 6.16. The molecule has 0 N–H and O–H groups in total. The van der Waals surface area contributed by atoms with E-state index >= 15 is 0 Å². The van der Waals surface area contributed by atoms with Crippen LogP contribution < -0.4 is 9.64 Å². The smallest absolute Gasteiger partial charge is 0.269 e. The third kappa shape index (κ3) is 3.54. The van der Waals surface area contributed by atoms with Crippen LogP contribution in [-0.2, 0) is 4.79 Å². The first kappa shape index (κ1) is 14.0. The first-order valence-corrected chi connectivity index (χ1v) is 7.34. The third-order valence-corrected chi connectivity index (χ3v) is 3.89. The number of thiazole rings is 1. The van der Waals surface area contributed by atoms with Crippen molar-refractivity contribution in [2.75, 3.05) is 11.9 Å². The zero-order valence-corrected chi connectivity index (χ0v) is 12.9. The third-order valence-electron chi connectivity index (χ3n) is 2.51. The number of likely N-dealkylation sites (N-methyl/N-ethyl adjacent to an activating group) is 1. The highest BCUT2D eigenvalue weighted by Crippen LogP contribution is 2.20. The Morgan fingerprint density at radius 3 is 2.68 bits per heavy atom. The first-order chi connectivity index (χ1) is 9.08. The highest BCUT2D eigenvalue weighted by atomic mass is 79.9. The van der Waals surface area contributed by atoms with Crippen LogP contribution in [0.5, 0.6) is 5.75 Å². The second-order valence-corrected chi connectivity index (χ2v) is 5.71. The molecule has 0 aliphatic rings. The molecule has 2 aromatic rings. The van der Waals surface area contributed by atoms with Gasteiger partial charge in [-0.3, -0.25) is 9.69 Å². The van der Waals surface area contributed by atoms with Crippen molar-refractivity contribution in [1.82, 2.24) is 4.98 Å². The normalized spacial score (nSPS) is 11.9. The van der Waals surface area contributed by atoms with Gasteiger partial charge in [0.1, 0.15) is 5.75 Å². The van der Waals surface area contributed by atoms with Crippen LogP contribution in [0.2, 0.25) is 0 Å². The lowest BCUT2D eigenvalue weighted by atomic mass is 10.3. The summed E-state index contributed by atoms with van der Waals surface area (Å²) in [6, 6.07) is 7.38. The van der Waals surface area contributed by atoms with Crippen LogP contribution in [0.15, 0.2) is 40.3 Å². The molecule has 0 aliphatic carbocycles. The van der Waals surface area contributed by atoms with Gasteiger partial charge in [-0.1, -0.05) is 15.9 Å². The molecule has 0 bridgehead atoms. The molecule has 2 rings (SSSR count). The van der Waals surface area contributed by atoms with Gasteiger partial charge in [0.25, 0.3) is 5.91 Å². The number of aromatic nitrogens is 1. The molecule has 0 unspecified atom stereocenters. The highest BCUT2D eigenvalue weighted by Gasteiger charge is 2.21. The number of halogens is 1. The summed E-state index contributed by atoms with van der Waals surface area (Å²) < 4.78 is 6.59. The Kier molecular flexibility index (Phi) is 4.55. The molecular formula is C13H13BrN2O2S. The standard InChI is InChI=1S/C13H13BrN2O2S/c1-9(18-11-5-3-10(14)4-6-11)12(17)16(2)13-15-7-8-19-13/h3-9H,1-2H3/t9-/m1/s1. The van der Waals surface area contributed by atoms with Gasteiger partial charge >= 0.3 is 0 Å². The minimum absolute atomic E-state index is 0.127. The van der Waals surface area contributed by atoms with Crippen molar-refractivity contribution in [3.05, 3.63) is 40.3 Å². The Morgan fingerprint density at radius 2 is 2.11 bits per heavy atom. The summed E-state index contributed by atoms with van der Waals surface area (Å²) in [6.45, 7) is 1.73. The molecule has 100 valence electrons. The van der Waals surface area contributed by atoms with Crippen molar-refractivity contribution in [2.45, 2.75) is 13.0 Å². The van der Waals surface area contributed by atoms with E-state index in [0.29, 0.717) is 10.9 Å². The van der Waals surface area contributed by atoms with Gasteiger partial charge in [0.15, 0.2) is 11.2 Å². The molecule has 0 saturated heterocycles. The molecule has 4 nitrogen and oxygen atoms in total. The Morgan fingerprint density at radius 1 is 1.42 bits per heavy atom. The lowest BCUT2D eigenvalue weighted by molar-refractivity contribution is -0.124. The fraction of sp³-hybridized carbons (Fsp3) is 0.231. The predicted octanol–water partition coefficient (Wildman–Crippen LogP) is 3.34. The number of ether oxygens (including phenoxy) is 1. The summed E-state index contributed by atoms with van der Waals surface area (Å²) in [6.07, 6.45) is 1.11. The number of amides is 1. The maximum Gasteiger partial charge on any atom is 0.269 e. The molecule has 1 aromatic heterocycles. The number of rotatable bonds is 4. The Bertz CT molecular complexity index is 542. The summed E-state index contributed by atoms with van der Waals surface area (Å²) in [7, 11) is 1.70. The van der Waals surface area contributed by atoms with E-state index < -0.39 is 6.10 Å². The summed E-state index contributed by atoms with van der Waals surface area (Å²) in [5, 5.41) is 2.50. The van der Waals surface area contributed by atoms with Crippen molar-refractivity contribution in [3.63, 3.8) is 0 Å². The zero-order chi connectivity index (χ0) is 13.8. The van der Waals surface area contributed by atoms with Gasteiger partial charge in [-0.2, -0.15) is 0 Å². The maximum atomic E-state index is 12.2. The molecular weight excluding hydrogens is 328 g/mol. The average Bonchev–Trinajstić information content (AvgIpc) is 2.93. The monoisotopic (exact) mass is 340 g/mol. The Hall–Kier alpha value is -1.40. The van der Waals surface area contributed by atoms with Crippen LogP contribution in [0.1, 0.15) is 6.92 Å². The molecule has 1 aromatic carbocycles. The molecule has 0 spiro atoms. The van der Waals surface area contributed by atoms with Crippen molar-refractivity contribution in [3.8, 4) is 5.75 Å². The van der Waals surface area contributed by atoms with Crippen molar-refractivity contribution >= 4 is 38.3 Å². The Labute approximate surface area is 124 Å². The number of anilines is 1. The van der Waals surface area contributed by atoms with E-state index in [1.54, 1.807) is 20.2 Å². The number of hydrogen-bond acceptors (Lipinski definition) is 4. The summed E-state index contributed by atoms with van der Waals surface area (Å²) in [5.74, 6) is 0.537. The minimum Gasteiger partial charge on any atom is -0.481 e. The van der Waals surface area contributed by atoms with Gasteiger partial charge in [-0.15, -0.1) is 11.3 Å². The SMILES string of the molecule is C[C@@H](Oc1ccc(Br)cc1)C(=O)N(C)c1nccs1. The van der Waals surface area contributed by atoms with E-state index in [0.717, 1.165) is 4.47 Å². The van der Waals surface area contributed by atoms with Crippen molar-refractivity contribution in [2.24, 2.45) is 0 Å². The summed E-state index contributed by atoms with van der Waals surface area (Å²) >= 11 is 4.77. The number of carbonyl (C=O) groups is 1. The number of benzene rings is 1. The van der Waals surface area contributed by atoms with Crippen LogP contribution in [0.4, 0.5) is 5.13 Å². The molecule has 1 amide bonds. The quantitative estimate of drug-likeness (QED) is 0.857. The van der Waals surface area contributed by atoms with Crippen LogP contribution in [-0.4, -0.2) is 24.0 Å². The zero-order valence-electron chi connectivity index (χ0n) is 10.5. The molecule has 1 atom stereocenters. The van der Waals surface area contributed by atoms with E-state index in [1.165, 1.54) is 16.2 Å². The fourth-order valence-corrected chi connectivity index (χ4v) is 2.39. The first-order valence-electron chi connectivity index (χ1n) is 5.67. The van der Waals surface area contributed by atoms with Gasteiger partial charge in [0.05, 0.1) is 0 Å². The van der Waals surface area contributed by atoms with E-state index in [2.05, 4.69) is 20.9 Å². The fourth-order valence-electron chi connectivity index (χ4n) is 1.52. The molecule has 0 aliphatic heterocycles. The lowest BCUT2D eigenvalue weighted by Gasteiger charge is -2.20. The molecule has 0 fully saturated rings. The van der Waals surface area contributed by atoms with E-state index in [9.17, 15) is 4.79 Å². The van der Waals surface area contributed by atoms with Gasteiger partial charge in [0.2, 0.25) is 0 Å². The van der Waals surface area contributed by atoms with Crippen LogP contribution in [0.3, 0.4) is 0 Å². The summed E-state index contributed by atoms with van der Waals surface area (Å²) in [4.78, 5) is 17.8. The molecule has 6 heteroatoms. The van der Waals surface area contributed by atoms with Crippen molar-refractivity contribution < 1.29 is 9.53 Å². The lowest BCUT2D eigenvalue weighted by Crippen LogP contribution is -2.37. The molecule has 0 saturated carbocycles. The van der Waals surface area contributed by atoms with Crippen LogP contribution in [0, 0.1) is 0 Å². The number of hydrogen-bond donors (Lipinski definition) is 0. The van der Waals surface area contributed by atoms with Gasteiger partial charge in [-0.05, 0) is 31.2 Å². The summed E-state index contributed by atoms with van der Waals surface area (Å²) in [5.41, 5.74) is 0. The van der Waals surface area contributed by atoms with Gasteiger partial charge in [-0.25, -0.2) is 4.98 Å². The maximum absolute atomic E-state index is 12.2. The van der Waals surface area contributed by atoms with Crippen LogP contribution in [0.25, 0.3) is 0 Å². The predicted molar refractivity (Wildman–Crippen MR) is 79.8 cm³/mol. The Balaban J connectivity index is 2.01. The van der Waals surface area contributed by atoms with E-state index in [-0.39, 0.29) is 5.91 Å². The van der Waals surface area contributed by atoms with Crippen LogP contribution >= 0.6 is 27.3 Å². The minimum atomic E-state index is -0.560. The van der Waals surface area contributed by atoms with Gasteiger partial charge in [0, 0.05) is 23.1 Å². The highest BCUT2D eigenvalue weighted by molar-refractivity contribution is 9.10. The van der Waals surface area contributed by atoms with E-state index in [1.807, 2.05) is 29.6 Å². The molecule has 1 heterocycles. The topological polar surface area (TPSA) is 42.4 Å². The van der Waals surface area contributed by atoms with Gasteiger partial charge < -0.3 is 4.74 Å². The number of nitrogens with zero attached hydrogens (tertiary/aromatic N) is 2. The average molecular weight is 341 g/mol. The van der Waals surface area contributed by atoms with Crippen molar-refractivity contribution in [1.29, 1.82) is 0 Å².